The van der Waals surface area contributed by atoms with Crippen molar-refractivity contribution in [3.63, 3.8) is 0 Å². The maximum Gasteiger partial charge on any atom is 0.251 e. The molecule has 0 bridgehead atoms. The third kappa shape index (κ3) is 3.34. The Morgan fingerprint density at radius 3 is 2.64 bits per heavy atom. The monoisotopic (exact) mass is 330 g/mol. The molecular weight excluding hydrogens is 308 g/mol. The van der Waals surface area contributed by atoms with Crippen molar-refractivity contribution in [3.05, 3.63) is 81.1 Å². The summed E-state index contributed by atoms with van der Waals surface area (Å²) < 4.78 is 0. The third-order valence-corrected chi connectivity index (χ3v) is 4.83. The molecule has 1 unspecified atom stereocenters. The van der Waals surface area contributed by atoms with Gasteiger partial charge in [-0.1, -0.05) is 48.9 Å². The minimum atomic E-state index is -0.650. The highest BCUT2D eigenvalue weighted by molar-refractivity contribution is 5.80. The molecule has 0 saturated heterocycles. The number of hydrogen-bond acceptors (Lipinski definition) is 2. The lowest BCUT2D eigenvalue weighted by molar-refractivity contribution is 0.607. The molecule has 3 aromatic rings. The zero-order valence-electron chi connectivity index (χ0n) is 14.9. The van der Waals surface area contributed by atoms with Crippen molar-refractivity contribution < 1.29 is 0 Å². The van der Waals surface area contributed by atoms with Crippen LogP contribution in [0.3, 0.4) is 0 Å². The van der Waals surface area contributed by atoms with Gasteiger partial charge in [0.25, 0.3) is 5.56 Å². The second kappa shape index (κ2) is 6.57. The summed E-state index contributed by atoms with van der Waals surface area (Å²) in [6.07, 6.45) is 1.34. The lowest BCUT2D eigenvalue weighted by Crippen LogP contribution is -2.23. The van der Waals surface area contributed by atoms with Gasteiger partial charge in [-0.3, -0.25) is 4.79 Å². The van der Waals surface area contributed by atoms with Gasteiger partial charge >= 0.3 is 0 Å². The molecule has 3 heteroatoms. The number of benzene rings is 2. The smallest absolute Gasteiger partial charge is 0.251 e. The molecule has 0 saturated carbocycles. The molecule has 25 heavy (non-hydrogen) atoms. The number of nitriles is 1. The minimum absolute atomic E-state index is 0.0514. The fourth-order valence-corrected chi connectivity index (χ4v) is 3.29. The van der Waals surface area contributed by atoms with Crippen LogP contribution in [0.4, 0.5) is 0 Å². The number of nitrogens with one attached hydrogen (secondary N) is 1. The maximum atomic E-state index is 12.1. The predicted molar refractivity (Wildman–Crippen MR) is 102 cm³/mol. The Hall–Kier alpha value is -2.86. The van der Waals surface area contributed by atoms with Gasteiger partial charge in [-0.15, -0.1) is 0 Å². The van der Waals surface area contributed by atoms with Gasteiger partial charge in [0.15, 0.2) is 0 Å². The number of aromatic amines is 1. The number of aromatic nitrogens is 1. The van der Waals surface area contributed by atoms with Crippen LogP contribution in [-0.4, -0.2) is 4.98 Å². The van der Waals surface area contributed by atoms with E-state index in [0.29, 0.717) is 12.8 Å². The molecule has 0 radical (unpaired) electrons. The van der Waals surface area contributed by atoms with Crippen LogP contribution < -0.4 is 5.56 Å². The zero-order chi connectivity index (χ0) is 18.0. The minimum Gasteiger partial charge on any atom is -0.322 e. The molecule has 1 heterocycles. The van der Waals surface area contributed by atoms with E-state index in [-0.39, 0.29) is 5.56 Å². The van der Waals surface area contributed by atoms with E-state index < -0.39 is 5.41 Å². The van der Waals surface area contributed by atoms with Crippen LogP contribution in [0.5, 0.6) is 0 Å². The Balaban J connectivity index is 2.06. The van der Waals surface area contributed by atoms with E-state index in [9.17, 15) is 10.1 Å². The molecule has 3 rings (SSSR count). The SMILES string of the molecule is CCc1cc2ccc(C(C)(C#N)Cc3cccc(C)c3)cc2[nH]c1=O. The molecular formula is C22H22N2O. The number of pyridine rings is 1. The normalized spacial score (nSPS) is 13.4. The lowest BCUT2D eigenvalue weighted by Gasteiger charge is -2.23. The highest BCUT2D eigenvalue weighted by Gasteiger charge is 2.27. The van der Waals surface area contributed by atoms with Crippen molar-refractivity contribution in [2.75, 3.05) is 0 Å². The van der Waals surface area contributed by atoms with Gasteiger partial charge in [0, 0.05) is 11.1 Å². The van der Waals surface area contributed by atoms with E-state index >= 15 is 0 Å². The number of rotatable bonds is 4. The first-order chi connectivity index (χ1) is 11.9. The molecule has 0 aliphatic heterocycles. The van der Waals surface area contributed by atoms with Crippen LogP contribution in [0.25, 0.3) is 10.9 Å². The summed E-state index contributed by atoms with van der Waals surface area (Å²) in [7, 11) is 0. The van der Waals surface area contributed by atoms with E-state index in [1.807, 2.05) is 44.2 Å². The number of H-pyrrole nitrogens is 1. The van der Waals surface area contributed by atoms with Crippen molar-refractivity contribution in [2.45, 2.75) is 39.0 Å². The number of nitrogens with zero attached hydrogens (tertiary/aromatic N) is 1. The Bertz CT molecular complexity index is 1030. The van der Waals surface area contributed by atoms with Crippen LogP contribution in [0.1, 0.15) is 36.1 Å². The first-order valence-corrected chi connectivity index (χ1v) is 8.58. The molecule has 0 aliphatic carbocycles. The first kappa shape index (κ1) is 17.0. The Kier molecular flexibility index (Phi) is 4.46. The average molecular weight is 330 g/mol. The van der Waals surface area contributed by atoms with E-state index in [1.165, 1.54) is 5.56 Å². The standard InChI is InChI=1S/C22H22N2O/c1-4-17-11-18-8-9-19(12-20(18)24-21(17)25)22(3,14-23)13-16-7-5-6-15(2)10-16/h5-12H,4,13H2,1-3H3,(H,24,25). The molecule has 1 aromatic heterocycles. The van der Waals surface area contributed by atoms with Crippen molar-refractivity contribution in [3.8, 4) is 6.07 Å². The molecule has 126 valence electrons. The van der Waals surface area contributed by atoms with Crippen molar-refractivity contribution in [1.29, 1.82) is 5.26 Å². The number of fused-ring (bicyclic) bond motifs is 1. The molecule has 0 aliphatic rings. The Labute approximate surface area is 147 Å². The summed E-state index contributed by atoms with van der Waals surface area (Å²) in [6.45, 7) is 5.98. The fraction of sp³-hybridized carbons (Fsp3) is 0.273. The summed E-state index contributed by atoms with van der Waals surface area (Å²) in [5.41, 5.74) is 4.11. The summed E-state index contributed by atoms with van der Waals surface area (Å²) in [5.74, 6) is 0. The topological polar surface area (TPSA) is 56.6 Å². The largest absolute Gasteiger partial charge is 0.322 e. The number of hydrogen-bond donors (Lipinski definition) is 1. The van der Waals surface area contributed by atoms with Gasteiger partial charge in [-0.2, -0.15) is 5.26 Å². The third-order valence-electron chi connectivity index (χ3n) is 4.83. The number of aryl methyl sites for hydroxylation is 2. The van der Waals surface area contributed by atoms with Crippen LogP contribution in [0.15, 0.2) is 53.3 Å². The van der Waals surface area contributed by atoms with Crippen molar-refractivity contribution >= 4 is 10.9 Å². The van der Waals surface area contributed by atoms with Crippen LogP contribution in [-0.2, 0) is 18.3 Å². The van der Waals surface area contributed by atoms with Crippen molar-refractivity contribution in [2.24, 2.45) is 0 Å². The first-order valence-electron chi connectivity index (χ1n) is 8.58. The van der Waals surface area contributed by atoms with E-state index in [4.69, 9.17) is 0 Å². The quantitative estimate of drug-likeness (QED) is 0.769. The molecule has 0 amide bonds. The van der Waals surface area contributed by atoms with Gasteiger partial charge in [-0.25, -0.2) is 0 Å². The Morgan fingerprint density at radius 2 is 1.96 bits per heavy atom. The van der Waals surface area contributed by atoms with Crippen LogP contribution in [0, 0.1) is 18.3 Å². The summed E-state index contributed by atoms with van der Waals surface area (Å²) in [6, 6.07) is 18.6. The lowest BCUT2D eigenvalue weighted by atomic mass is 9.78. The zero-order valence-corrected chi connectivity index (χ0v) is 14.9. The van der Waals surface area contributed by atoms with Gasteiger partial charge < -0.3 is 4.98 Å². The molecule has 0 spiro atoms. The van der Waals surface area contributed by atoms with Gasteiger partial charge in [0.2, 0.25) is 0 Å². The van der Waals surface area contributed by atoms with Gasteiger partial charge in [0.05, 0.1) is 11.5 Å². The summed E-state index contributed by atoms with van der Waals surface area (Å²) in [4.78, 5) is 15.1. The highest BCUT2D eigenvalue weighted by Crippen LogP contribution is 2.30. The van der Waals surface area contributed by atoms with E-state index in [1.54, 1.807) is 0 Å². The molecule has 2 aromatic carbocycles. The Morgan fingerprint density at radius 1 is 1.16 bits per heavy atom. The maximum absolute atomic E-state index is 12.1. The summed E-state index contributed by atoms with van der Waals surface area (Å²) in [5, 5.41) is 10.9. The fourth-order valence-electron chi connectivity index (χ4n) is 3.29. The predicted octanol–water partition coefficient (Wildman–Crippen LogP) is 4.42. The molecule has 3 nitrogen and oxygen atoms in total. The highest BCUT2D eigenvalue weighted by atomic mass is 16.1. The molecule has 1 N–H and O–H groups in total. The van der Waals surface area contributed by atoms with Gasteiger partial charge in [-0.05, 0) is 55.3 Å². The van der Waals surface area contributed by atoms with E-state index in [2.05, 4.69) is 36.2 Å². The summed E-state index contributed by atoms with van der Waals surface area (Å²) >= 11 is 0. The molecule has 1 atom stereocenters. The molecule has 0 fully saturated rings. The van der Waals surface area contributed by atoms with Crippen molar-refractivity contribution in [1.82, 2.24) is 4.98 Å². The second-order valence-electron chi connectivity index (χ2n) is 6.89. The second-order valence-corrected chi connectivity index (χ2v) is 6.89. The van der Waals surface area contributed by atoms with Gasteiger partial charge in [0.1, 0.15) is 0 Å². The van der Waals surface area contributed by atoms with Crippen LogP contribution >= 0.6 is 0 Å². The van der Waals surface area contributed by atoms with Crippen LogP contribution in [0.2, 0.25) is 0 Å². The average Bonchev–Trinajstić information content (AvgIpc) is 2.60. The van der Waals surface area contributed by atoms with E-state index in [0.717, 1.165) is 27.6 Å².